The maximum Gasteiger partial charge on any atom is 0.407 e. The van der Waals surface area contributed by atoms with Crippen LogP contribution in [0.2, 0.25) is 0 Å². The lowest BCUT2D eigenvalue weighted by Gasteiger charge is -2.13. The van der Waals surface area contributed by atoms with E-state index in [0.717, 1.165) is 12.8 Å². The predicted molar refractivity (Wildman–Crippen MR) is 106 cm³/mol. The Labute approximate surface area is 166 Å². The molecule has 1 saturated carbocycles. The molecule has 2 aromatic heterocycles. The molecule has 3 rings (SSSR count). The number of ether oxygens (including phenoxy) is 1. The number of alkyl carbamates (subject to hydrolysis) is 1. The zero-order valence-electron chi connectivity index (χ0n) is 16.5. The minimum absolute atomic E-state index is 0.0956. The fraction of sp³-hybridized carbons (Fsp3) is 0.526. The third-order valence-electron chi connectivity index (χ3n) is 4.61. The van der Waals surface area contributed by atoms with Crippen LogP contribution in [0, 0.1) is 0 Å². The molecule has 29 heavy (non-hydrogen) atoms. The van der Waals surface area contributed by atoms with Crippen LogP contribution in [0.25, 0.3) is 11.0 Å². The van der Waals surface area contributed by atoms with Crippen LogP contribution in [0.5, 0.6) is 0 Å². The Morgan fingerprint density at radius 1 is 1.24 bits per heavy atom. The van der Waals surface area contributed by atoms with Crippen LogP contribution in [0.3, 0.4) is 0 Å². The van der Waals surface area contributed by atoms with Gasteiger partial charge in [-0.1, -0.05) is 6.92 Å². The molecular formula is C19H25N5O5. The van der Waals surface area contributed by atoms with Crippen molar-refractivity contribution >= 4 is 23.0 Å². The summed E-state index contributed by atoms with van der Waals surface area (Å²) in [6.45, 7) is 4.60. The zero-order valence-corrected chi connectivity index (χ0v) is 16.5. The number of hydrogen-bond donors (Lipinski definition) is 3. The lowest BCUT2D eigenvalue weighted by Crippen LogP contribution is -2.36. The number of rotatable bonds is 8. The number of H-pyrrole nitrogens is 1. The molecule has 0 radical (unpaired) electrons. The number of pyridine rings is 1. The molecule has 0 saturated heterocycles. The van der Waals surface area contributed by atoms with E-state index in [-0.39, 0.29) is 42.2 Å². The van der Waals surface area contributed by atoms with Gasteiger partial charge in [0.05, 0.1) is 17.6 Å². The summed E-state index contributed by atoms with van der Waals surface area (Å²) in [6, 6.07) is 1.63. The summed E-state index contributed by atoms with van der Waals surface area (Å²) >= 11 is 0. The smallest absolute Gasteiger partial charge is 0.407 e. The number of carbonyl (C=O) groups is 2. The number of hydrogen-bond acceptors (Lipinski definition) is 6. The number of nitrogens with zero attached hydrogens (tertiary/aromatic N) is 2. The van der Waals surface area contributed by atoms with Crippen molar-refractivity contribution in [3.63, 3.8) is 0 Å². The normalized spacial score (nSPS) is 13.3. The lowest BCUT2D eigenvalue weighted by atomic mass is 10.1. The van der Waals surface area contributed by atoms with E-state index < -0.39 is 23.2 Å². The van der Waals surface area contributed by atoms with Gasteiger partial charge < -0.3 is 15.4 Å². The van der Waals surface area contributed by atoms with Crippen molar-refractivity contribution in [2.75, 3.05) is 19.7 Å². The number of amides is 2. The fourth-order valence-corrected chi connectivity index (χ4v) is 3.11. The zero-order chi connectivity index (χ0) is 21.0. The Kier molecular flexibility index (Phi) is 6.30. The Hall–Kier alpha value is -3.17. The number of aromatic amines is 1. The van der Waals surface area contributed by atoms with E-state index in [1.165, 1.54) is 4.57 Å². The van der Waals surface area contributed by atoms with E-state index in [9.17, 15) is 19.2 Å². The second kappa shape index (κ2) is 8.89. The van der Waals surface area contributed by atoms with Gasteiger partial charge in [-0.2, -0.15) is 0 Å². The molecule has 2 heterocycles. The fourth-order valence-electron chi connectivity index (χ4n) is 3.11. The summed E-state index contributed by atoms with van der Waals surface area (Å²) in [5, 5.41) is 5.30. The standard InChI is InChI=1S/C19H25N5O5/c1-3-9-24-15-14(17(26)23-18(24)27)12(10-13(22-15)11-5-6-11)16(25)20-7-8-21-19(28)29-4-2/h10-11H,3-9H2,1-2H3,(H,20,25)(H,21,28)(H,23,26,27). The maximum atomic E-state index is 12.8. The molecule has 3 N–H and O–H groups in total. The van der Waals surface area contributed by atoms with Crippen LogP contribution in [0.15, 0.2) is 15.7 Å². The van der Waals surface area contributed by atoms with Gasteiger partial charge in [-0.15, -0.1) is 0 Å². The van der Waals surface area contributed by atoms with Crippen LogP contribution in [0.4, 0.5) is 4.79 Å². The summed E-state index contributed by atoms with van der Waals surface area (Å²) in [5.74, 6) is -0.224. The predicted octanol–water partition coefficient (Wildman–Crippen LogP) is 0.848. The third-order valence-corrected chi connectivity index (χ3v) is 4.61. The minimum Gasteiger partial charge on any atom is -0.450 e. The van der Waals surface area contributed by atoms with E-state index in [0.29, 0.717) is 18.7 Å². The summed E-state index contributed by atoms with van der Waals surface area (Å²) in [7, 11) is 0. The van der Waals surface area contributed by atoms with Gasteiger partial charge in [0.25, 0.3) is 11.5 Å². The second-order valence-corrected chi connectivity index (χ2v) is 6.88. The van der Waals surface area contributed by atoms with Crippen molar-refractivity contribution in [3.8, 4) is 0 Å². The number of carbonyl (C=O) groups excluding carboxylic acids is 2. The van der Waals surface area contributed by atoms with Crippen LogP contribution >= 0.6 is 0 Å². The molecule has 2 aromatic rings. The van der Waals surface area contributed by atoms with Gasteiger partial charge in [-0.25, -0.2) is 14.6 Å². The highest BCUT2D eigenvalue weighted by Gasteiger charge is 2.28. The summed E-state index contributed by atoms with van der Waals surface area (Å²) in [5.41, 5.74) is -0.0436. The molecular weight excluding hydrogens is 378 g/mol. The highest BCUT2D eigenvalue weighted by Crippen LogP contribution is 2.39. The molecule has 0 spiro atoms. The van der Waals surface area contributed by atoms with Crippen molar-refractivity contribution < 1.29 is 14.3 Å². The molecule has 1 fully saturated rings. The first kappa shape index (κ1) is 20.6. The Morgan fingerprint density at radius 2 is 1.97 bits per heavy atom. The van der Waals surface area contributed by atoms with Crippen molar-refractivity contribution in [2.45, 2.75) is 45.6 Å². The van der Waals surface area contributed by atoms with Crippen LogP contribution < -0.4 is 21.9 Å². The van der Waals surface area contributed by atoms with Gasteiger partial charge in [-0.05, 0) is 32.3 Å². The van der Waals surface area contributed by atoms with Crippen LogP contribution in [-0.4, -0.2) is 46.2 Å². The highest BCUT2D eigenvalue weighted by atomic mass is 16.5. The lowest BCUT2D eigenvalue weighted by molar-refractivity contribution is 0.0953. The minimum atomic E-state index is -0.637. The first-order valence-electron chi connectivity index (χ1n) is 9.82. The third kappa shape index (κ3) is 4.64. The van der Waals surface area contributed by atoms with Crippen molar-refractivity contribution in [3.05, 3.63) is 38.2 Å². The largest absolute Gasteiger partial charge is 0.450 e. The molecule has 0 aromatic carbocycles. The van der Waals surface area contributed by atoms with E-state index in [1.807, 2.05) is 6.92 Å². The molecule has 10 nitrogen and oxygen atoms in total. The average molecular weight is 403 g/mol. The van der Waals surface area contributed by atoms with Gasteiger partial charge in [0, 0.05) is 31.2 Å². The summed E-state index contributed by atoms with van der Waals surface area (Å²) < 4.78 is 6.16. The van der Waals surface area contributed by atoms with Gasteiger partial charge in [0.15, 0.2) is 5.65 Å². The van der Waals surface area contributed by atoms with Gasteiger partial charge in [-0.3, -0.25) is 19.1 Å². The van der Waals surface area contributed by atoms with Crippen LogP contribution in [-0.2, 0) is 11.3 Å². The number of fused-ring (bicyclic) bond motifs is 1. The SMILES string of the molecule is CCCn1c(=O)[nH]c(=O)c2c(C(=O)NCCNC(=O)OCC)cc(C3CC3)nc21. The first-order valence-corrected chi connectivity index (χ1v) is 9.82. The van der Waals surface area contributed by atoms with Crippen molar-refractivity contribution in [2.24, 2.45) is 0 Å². The monoisotopic (exact) mass is 403 g/mol. The van der Waals surface area contributed by atoms with E-state index >= 15 is 0 Å². The average Bonchev–Trinajstić information content (AvgIpc) is 3.53. The number of nitrogens with one attached hydrogen (secondary N) is 3. The van der Waals surface area contributed by atoms with Gasteiger partial charge in [0.1, 0.15) is 0 Å². The molecule has 0 aliphatic heterocycles. The van der Waals surface area contributed by atoms with Gasteiger partial charge in [0.2, 0.25) is 0 Å². The summed E-state index contributed by atoms with van der Waals surface area (Å²) in [4.78, 5) is 55.7. The quantitative estimate of drug-likeness (QED) is 0.559. The molecule has 1 aliphatic rings. The number of aromatic nitrogens is 3. The highest BCUT2D eigenvalue weighted by molar-refractivity contribution is 6.05. The Bertz CT molecular complexity index is 1040. The Morgan fingerprint density at radius 3 is 2.62 bits per heavy atom. The number of aryl methyl sites for hydroxylation is 1. The first-order chi connectivity index (χ1) is 14.0. The van der Waals surface area contributed by atoms with E-state index in [4.69, 9.17) is 4.74 Å². The molecule has 10 heteroatoms. The topological polar surface area (TPSA) is 135 Å². The molecule has 0 atom stereocenters. The maximum absolute atomic E-state index is 12.8. The molecule has 156 valence electrons. The molecule has 0 bridgehead atoms. The van der Waals surface area contributed by atoms with Crippen molar-refractivity contribution in [1.29, 1.82) is 0 Å². The molecule has 1 aliphatic carbocycles. The van der Waals surface area contributed by atoms with Gasteiger partial charge >= 0.3 is 11.8 Å². The summed E-state index contributed by atoms with van der Waals surface area (Å²) in [6.07, 6.45) is 2.04. The Balaban J connectivity index is 1.93. The van der Waals surface area contributed by atoms with Crippen molar-refractivity contribution in [1.82, 2.24) is 25.2 Å². The second-order valence-electron chi connectivity index (χ2n) is 6.88. The molecule has 0 unspecified atom stereocenters. The van der Waals surface area contributed by atoms with E-state index in [1.54, 1.807) is 13.0 Å². The molecule has 2 amide bonds. The van der Waals surface area contributed by atoms with E-state index in [2.05, 4.69) is 20.6 Å². The van der Waals surface area contributed by atoms with Crippen LogP contribution in [0.1, 0.15) is 55.1 Å².